The van der Waals surface area contributed by atoms with Crippen molar-refractivity contribution in [1.29, 1.82) is 0 Å². The smallest absolute Gasteiger partial charge is 0.0270 e. The molecule has 0 amide bonds. The first-order valence-electron chi connectivity index (χ1n) is 23.5. The second-order valence-corrected chi connectivity index (χ2v) is 16.2. The summed E-state index contributed by atoms with van der Waals surface area (Å²) in [6.45, 7) is 16.9. The standard InChI is InChI=1S/C66H67N/c1-7-10-12-17-27-53(4)55(6)51-64(60-32-20-13-14-21-33-60)47-44-58-41-39-57(40-42-58)43-46-61(59(26-9-3)36-24-30-56-28-18-15-19-29-56)37-25-49-67-50-48-62(31-11-8-2)65-45-38-54(5)66(52-65)63-34-22-16-23-35-63/h8-13,15-29,32-43,45-52H,3-4,7,14,30-31,44H2,1-2,5-6H3/b11-8?,12-10-,27-17-,36-24-,46-43-,49-25+,55-51+,59-26+,61-37+,62-48+,64-47+,67-50+. The second-order valence-electron chi connectivity index (χ2n) is 16.2. The molecule has 0 aliphatic heterocycles. The van der Waals surface area contributed by atoms with Gasteiger partial charge in [-0.2, -0.15) is 0 Å². The number of rotatable bonds is 22. The van der Waals surface area contributed by atoms with E-state index in [0.29, 0.717) is 0 Å². The molecule has 1 aliphatic carbocycles. The molecule has 0 atom stereocenters. The van der Waals surface area contributed by atoms with E-state index in [2.05, 4.69) is 266 Å². The number of allylic oxidation sites excluding steroid dienone is 28. The van der Waals surface area contributed by atoms with Gasteiger partial charge < -0.3 is 0 Å². The molecule has 0 unspecified atom stereocenters. The third-order valence-electron chi connectivity index (χ3n) is 11.2. The van der Waals surface area contributed by atoms with Gasteiger partial charge in [-0.05, 0) is 149 Å². The van der Waals surface area contributed by atoms with Crippen molar-refractivity contribution < 1.29 is 0 Å². The third-order valence-corrected chi connectivity index (χ3v) is 11.2. The minimum absolute atomic E-state index is 0.806. The fraction of sp³-hybridized carbons (Fsp3) is 0.136. The molecule has 0 fully saturated rings. The number of aryl methyl sites for hydroxylation is 1. The first-order chi connectivity index (χ1) is 32.9. The van der Waals surface area contributed by atoms with Crippen LogP contribution in [0.15, 0.2) is 289 Å². The van der Waals surface area contributed by atoms with Gasteiger partial charge in [0.1, 0.15) is 0 Å². The Kier molecular flexibility index (Phi) is 21.8. The van der Waals surface area contributed by atoms with Crippen LogP contribution in [0.1, 0.15) is 67.9 Å². The molecule has 0 saturated carbocycles. The Morgan fingerprint density at radius 2 is 1.51 bits per heavy atom. The average Bonchev–Trinajstić information content (AvgIpc) is 3.65. The number of nitrogens with zero attached hydrogens (tertiary/aromatic N) is 1. The molecule has 0 bridgehead atoms. The predicted octanol–water partition coefficient (Wildman–Crippen LogP) is 18.1. The lowest BCUT2D eigenvalue weighted by Crippen LogP contribution is -1.90. The molecular formula is C66H67N. The Bertz CT molecular complexity index is 2720. The summed E-state index contributed by atoms with van der Waals surface area (Å²) in [5.74, 6) is 0. The monoisotopic (exact) mass is 874 g/mol. The van der Waals surface area contributed by atoms with Gasteiger partial charge in [0.15, 0.2) is 0 Å². The molecule has 0 radical (unpaired) electrons. The van der Waals surface area contributed by atoms with E-state index >= 15 is 0 Å². The lowest BCUT2D eigenvalue weighted by atomic mass is 9.94. The molecule has 1 aliphatic rings. The zero-order valence-corrected chi connectivity index (χ0v) is 40.1. The van der Waals surface area contributed by atoms with Crippen molar-refractivity contribution in [3.63, 3.8) is 0 Å². The van der Waals surface area contributed by atoms with Crippen molar-refractivity contribution in [3.05, 3.63) is 311 Å². The summed E-state index contributed by atoms with van der Waals surface area (Å²) in [6.07, 6.45) is 55.2. The molecule has 1 heteroatoms. The van der Waals surface area contributed by atoms with E-state index < -0.39 is 0 Å². The van der Waals surface area contributed by atoms with Crippen LogP contribution in [0.25, 0.3) is 22.8 Å². The molecule has 0 N–H and O–H groups in total. The largest absolute Gasteiger partial charge is 0.265 e. The number of benzene rings is 4. The summed E-state index contributed by atoms with van der Waals surface area (Å²) < 4.78 is 0. The van der Waals surface area contributed by atoms with E-state index in [1.54, 1.807) is 0 Å². The minimum Gasteiger partial charge on any atom is -0.265 e. The Hall–Kier alpha value is -7.61. The maximum atomic E-state index is 4.70. The van der Waals surface area contributed by atoms with Crippen LogP contribution in [0.2, 0.25) is 0 Å². The van der Waals surface area contributed by atoms with Crippen LogP contribution in [0.4, 0.5) is 0 Å². The maximum absolute atomic E-state index is 4.70. The topological polar surface area (TPSA) is 12.4 Å². The van der Waals surface area contributed by atoms with Crippen LogP contribution in [-0.4, -0.2) is 6.21 Å². The average molecular weight is 874 g/mol. The number of hydrogen-bond donors (Lipinski definition) is 0. The van der Waals surface area contributed by atoms with Gasteiger partial charge in [0.05, 0.1) is 0 Å². The molecule has 336 valence electrons. The van der Waals surface area contributed by atoms with Crippen molar-refractivity contribution in [2.75, 3.05) is 0 Å². The first-order valence-corrected chi connectivity index (χ1v) is 23.5. The van der Waals surface area contributed by atoms with Gasteiger partial charge in [0.25, 0.3) is 0 Å². The zero-order chi connectivity index (χ0) is 47.3. The zero-order valence-electron chi connectivity index (χ0n) is 40.1. The highest BCUT2D eigenvalue weighted by Gasteiger charge is 2.07. The molecule has 0 aromatic heterocycles. The van der Waals surface area contributed by atoms with Crippen molar-refractivity contribution >= 4 is 17.9 Å². The van der Waals surface area contributed by atoms with Crippen LogP contribution in [0.5, 0.6) is 0 Å². The summed E-state index contributed by atoms with van der Waals surface area (Å²) in [4.78, 5) is 4.70. The highest BCUT2D eigenvalue weighted by molar-refractivity contribution is 5.86. The van der Waals surface area contributed by atoms with Gasteiger partial charge in [-0.25, -0.2) is 0 Å². The van der Waals surface area contributed by atoms with Crippen molar-refractivity contribution in [2.45, 2.75) is 59.8 Å². The highest BCUT2D eigenvalue weighted by Crippen LogP contribution is 2.29. The fourth-order valence-electron chi connectivity index (χ4n) is 7.27. The SMILES string of the molecule is C=C/C=C(\C=C/Cc1ccccc1)C(/C=C\c1ccc(C/C=C(\C=C(/C)C(=C)/C=C\C=C/CC)C2=CC=CCC=C2)cc1)=C/C=C/N=C/C=C(\CC=CC)c1ccc(C)c(-c2ccccc2)c1. The van der Waals surface area contributed by atoms with E-state index in [4.69, 9.17) is 4.99 Å². The summed E-state index contributed by atoms with van der Waals surface area (Å²) >= 11 is 0. The molecule has 1 nitrogen and oxygen atoms in total. The minimum atomic E-state index is 0.806. The molecule has 67 heavy (non-hydrogen) atoms. The Balaban J connectivity index is 1.39. The van der Waals surface area contributed by atoms with Crippen LogP contribution < -0.4 is 0 Å². The van der Waals surface area contributed by atoms with E-state index in [9.17, 15) is 0 Å². The van der Waals surface area contributed by atoms with Crippen LogP contribution in [-0.2, 0) is 12.8 Å². The van der Waals surface area contributed by atoms with Gasteiger partial charge in [-0.1, -0.05) is 239 Å². The predicted molar refractivity (Wildman–Crippen MR) is 297 cm³/mol. The van der Waals surface area contributed by atoms with Crippen molar-refractivity contribution in [1.82, 2.24) is 0 Å². The first kappa shape index (κ1) is 50.4. The fourth-order valence-corrected chi connectivity index (χ4v) is 7.27. The van der Waals surface area contributed by atoms with E-state index in [-0.39, 0.29) is 0 Å². The quantitative estimate of drug-likeness (QED) is 0.0424. The molecule has 4 aromatic carbocycles. The van der Waals surface area contributed by atoms with Gasteiger partial charge in [0, 0.05) is 12.4 Å². The lowest BCUT2D eigenvalue weighted by molar-refractivity contribution is 1.22. The van der Waals surface area contributed by atoms with Crippen LogP contribution in [0, 0.1) is 6.92 Å². The van der Waals surface area contributed by atoms with E-state index in [1.807, 2.05) is 24.6 Å². The summed E-state index contributed by atoms with van der Waals surface area (Å²) in [7, 11) is 0. The molecule has 5 rings (SSSR count). The van der Waals surface area contributed by atoms with Crippen molar-refractivity contribution in [3.8, 4) is 11.1 Å². The highest BCUT2D eigenvalue weighted by atomic mass is 14.7. The van der Waals surface area contributed by atoms with Crippen LogP contribution in [0.3, 0.4) is 0 Å². The van der Waals surface area contributed by atoms with Crippen LogP contribution >= 0.6 is 0 Å². The third kappa shape index (κ3) is 17.7. The summed E-state index contributed by atoms with van der Waals surface area (Å²) in [5.41, 5.74) is 16.4. The second kappa shape index (κ2) is 29.0. The Morgan fingerprint density at radius 1 is 0.746 bits per heavy atom. The molecule has 0 heterocycles. The van der Waals surface area contributed by atoms with E-state index in [0.717, 1.165) is 60.0 Å². The number of hydrogen-bond acceptors (Lipinski definition) is 1. The Morgan fingerprint density at radius 3 is 2.27 bits per heavy atom. The maximum Gasteiger partial charge on any atom is 0.0270 e. The van der Waals surface area contributed by atoms with Gasteiger partial charge in [-0.3, -0.25) is 4.99 Å². The Labute approximate surface area is 403 Å². The summed E-state index contributed by atoms with van der Waals surface area (Å²) in [5, 5.41) is 0. The number of aliphatic imine (C=N–C) groups is 1. The van der Waals surface area contributed by atoms with Gasteiger partial charge in [-0.15, -0.1) is 0 Å². The summed E-state index contributed by atoms with van der Waals surface area (Å²) in [6, 6.07) is 36.7. The molecule has 0 saturated heterocycles. The normalized spacial score (nSPS) is 14.6. The van der Waals surface area contributed by atoms with E-state index in [1.165, 1.54) is 50.1 Å². The molecule has 0 spiro atoms. The lowest BCUT2D eigenvalue weighted by Gasteiger charge is -2.11. The van der Waals surface area contributed by atoms with Gasteiger partial charge in [0.2, 0.25) is 0 Å². The van der Waals surface area contributed by atoms with Crippen molar-refractivity contribution in [2.24, 2.45) is 4.99 Å². The molecular weight excluding hydrogens is 807 g/mol. The molecule has 4 aromatic rings. The van der Waals surface area contributed by atoms with Gasteiger partial charge >= 0.3 is 0 Å².